The van der Waals surface area contributed by atoms with E-state index < -0.39 is 18.1 Å². The van der Waals surface area contributed by atoms with Crippen molar-refractivity contribution >= 4 is 18.5 Å². The highest BCUT2D eigenvalue weighted by atomic mass is 16.6. The molecule has 0 aromatic rings. The van der Waals surface area contributed by atoms with Crippen molar-refractivity contribution in [3.05, 3.63) is 0 Å². The van der Waals surface area contributed by atoms with Crippen molar-refractivity contribution < 1.29 is 23.9 Å². The number of aldehydes is 1. The second kappa shape index (κ2) is 9.44. The van der Waals surface area contributed by atoms with Gasteiger partial charge in [0.25, 0.3) is 0 Å². The zero-order valence-electron chi connectivity index (χ0n) is 10.0. The number of hydrogen-bond donors (Lipinski definition) is 2. The number of carbonyl (C=O) groups excluding carboxylic acids is 3. The Bertz CT molecular complexity index is 235. The Balaban J connectivity index is 3.80. The molecule has 0 aliphatic carbocycles. The third-order valence-electron chi connectivity index (χ3n) is 1.69. The molecule has 2 amide bonds. The first-order valence-corrected chi connectivity index (χ1v) is 5.40. The Morgan fingerprint density at radius 3 is 1.76 bits per heavy atom. The predicted molar refractivity (Wildman–Crippen MR) is 59.6 cm³/mol. The maximum absolute atomic E-state index is 10.9. The van der Waals surface area contributed by atoms with Gasteiger partial charge in [-0.05, 0) is 13.8 Å². The predicted octanol–water partition coefficient (Wildman–Crippen LogP) is 0.294. The van der Waals surface area contributed by atoms with E-state index in [9.17, 15) is 14.4 Å². The van der Waals surface area contributed by atoms with Crippen molar-refractivity contribution in [1.29, 1.82) is 0 Å². The molecule has 0 unspecified atom stereocenters. The van der Waals surface area contributed by atoms with Gasteiger partial charge in [0.15, 0.2) is 0 Å². The van der Waals surface area contributed by atoms with Gasteiger partial charge in [0.2, 0.25) is 0 Å². The van der Waals surface area contributed by atoms with Crippen LogP contribution in [-0.4, -0.2) is 44.8 Å². The molecule has 0 heterocycles. The first-order chi connectivity index (χ1) is 8.13. The SMILES string of the molecule is CCNC(=O)OCC(C=O)COC(=O)NCC. The van der Waals surface area contributed by atoms with Crippen molar-refractivity contribution in [3.8, 4) is 0 Å². The summed E-state index contributed by atoms with van der Waals surface area (Å²) < 4.78 is 9.47. The Kier molecular flexibility index (Phi) is 8.44. The molecule has 0 aromatic carbocycles. The van der Waals surface area contributed by atoms with Gasteiger partial charge in [-0.3, -0.25) is 0 Å². The monoisotopic (exact) mass is 246 g/mol. The molecule has 0 fully saturated rings. The van der Waals surface area contributed by atoms with Crippen molar-refractivity contribution in [2.45, 2.75) is 13.8 Å². The average Bonchev–Trinajstić information content (AvgIpc) is 2.30. The molecule has 0 rings (SSSR count). The second-order valence-electron chi connectivity index (χ2n) is 3.15. The number of amides is 2. The van der Waals surface area contributed by atoms with Gasteiger partial charge in [0.1, 0.15) is 19.5 Å². The van der Waals surface area contributed by atoms with E-state index >= 15 is 0 Å². The molecule has 0 saturated carbocycles. The van der Waals surface area contributed by atoms with E-state index in [1.165, 1.54) is 0 Å². The standard InChI is InChI=1S/C10H18N2O5/c1-3-11-9(14)16-6-8(5-13)7-17-10(15)12-4-2/h5,8H,3-4,6-7H2,1-2H3,(H,11,14)(H,12,15). The van der Waals surface area contributed by atoms with Gasteiger partial charge < -0.3 is 24.9 Å². The molecule has 0 bridgehead atoms. The van der Waals surface area contributed by atoms with Gasteiger partial charge in [-0.2, -0.15) is 0 Å². The van der Waals surface area contributed by atoms with Gasteiger partial charge in [-0.15, -0.1) is 0 Å². The molecule has 98 valence electrons. The molecule has 0 spiro atoms. The van der Waals surface area contributed by atoms with E-state index in [1.54, 1.807) is 13.8 Å². The fourth-order valence-electron chi connectivity index (χ4n) is 0.883. The quantitative estimate of drug-likeness (QED) is 0.630. The molecular weight excluding hydrogens is 228 g/mol. The maximum atomic E-state index is 10.9. The van der Waals surface area contributed by atoms with E-state index in [0.717, 1.165) is 0 Å². The molecule has 2 N–H and O–H groups in total. The normalized spacial score (nSPS) is 9.59. The number of carbonyl (C=O) groups is 3. The Labute approximate surface area is 99.8 Å². The molecule has 0 atom stereocenters. The topological polar surface area (TPSA) is 93.7 Å². The highest BCUT2D eigenvalue weighted by Crippen LogP contribution is 1.96. The molecule has 0 aliphatic heterocycles. The minimum atomic E-state index is -0.653. The van der Waals surface area contributed by atoms with Crippen molar-refractivity contribution in [3.63, 3.8) is 0 Å². The summed E-state index contributed by atoms with van der Waals surface area (Å²) in [6, 6.07) is 0. The summed E-state index contributed by atoms with van der Waals surface area (Å²) in [5.74, 6) is -0.653. The van der Waals surface area contributed by atoms with Crippen LogP contribution in [0.2, 0.25) is 0 Å². The summed E-state index contributed by atoms with van der Waals surface area (Å²) in [5, 5.41) is 4.83. The third kappa shape index (κ3) is 8.06. The fraction of sp³-hybridized carbons (Fsp3) is 0.700. The van der Waals surface area contributed by atoms with Crippen LogP contribution in [0.25, 0.3) is 0 Å². The second-order valence-corrected chi connectivity index (χ2v) is 3.15. The maximum Gasteiger partial charge on any atom is 0.407 e. The van der Waals surface area contributed by atoms with E-state index in [2.05, 4.69) is 10.6 Å². The summed E-state index contributed by atoms with van der Waals surface area (Å²) in [4.78, 5) is 32.5. The molecule has 7 nitrogen and oxygen atoms in total. The lowest BCUT2D eigenvalue weighted by Gasteiger charge is -2.11. The summed E-state index contributed by atoms with van der Waals surface area (Å²) in [5.41, 5.74) is 0. The number of nitrogens with one attached hydrogen (secondary N) is 2. The zero-order valence-corrected chi connectivity index (χ0v) is 10.0. The molecule has 0 aliphatic rings. The molecule has 0 aromatic heterocycles. The van der Waals surface area contributed by atoms with Crippen LogP contribution in [0.4, 0.5) is 9.59 Å². The third-order valence-corrected chi connectivity index (χ3v) is 1.69. The average molecular weight is 246 g/mol. The first kappa shape index (κ1) is 15.2. The van der Waals surface area contributed by atoms with Gasteiger partial charge in [-0.25, -0.2) is 9.59 Å². The van der Waals surface area contributed by atoms with Crippen LogP contribution in [0.5, 0.6) is 0 Å². The zero-order chi connectivity index (χ0) is 13.1. The van der Waals surface area contributed by atoms with Gasteiger partial charge in [0.05, 0.1) is 5.92 Å². The summed E-state index contributed by atoms with van der Waals surface area (Å²) in [6.07, 6.45) is -0.618. The van der Waals surface area contributed by atoms with E-state index in [4.69, 9.17) is 9.47 Å². The fourth-order valence-corrected chi connectivity index (χ4v) is 0.883. The molecule has 17 heavy (non-hydrogen) atoms. The number of hydrogen-bond acceptors (Lipinski definition) is 5. The van der Waals surface area contributed by atoms with Crippen molar-refractivity contribution in [2.24, 2.45) is 5.92 Å². The largest absolute Gasteiger partial charge is 0.449 e. The Hall–Kier alpha value is -1.79. The lowest BCUT2D eigenvalue weighted by molar-refractivity contribution is -0.113. The van der Waals surface area contributed by atoms with Crippen molar-refractivity contribution in [1.82, 2.24) is 10.6 Å². The first-order valence-electron chi connectivity index (χ1n) is 5.40. The summed E-state index contributed by atoms with van der Waals surface area (Å²) >= 11 is 0. The molecule has 0 radical (unpaired) electrons. The molecule has 0 saturated heterocycles. The summed E-state index contributed by atoms with van der Waals surface area (Å²) in [6.45, 7) is 4.15. The van der Waals surface area contributed by atoms with E-state index in [-0.39, 0.29) is 13.2 Å². The minimum absolute atomic E-state index is 0.116. The van der Waals surface area contributed by atoms with Crippen LogP contribution in [0.3, 0.4) is 0 Å². The minimum Gasteiger partial charge on any atom is -0.449 e. The highest BCUT2D eigenvalue weighted by molar-refractivity contribution is 5.68. The van der Waals surface area contributed by atoms with Crippen LogP contribution < -0.4 is 10.6 Å². The Morgan fingerprint density at radius 2 is 1.47 bits per heavy atom. The number of ether oxygens (including phenoxy) is 2. The lowest BCUT2D eigenvalue weighted by atomic mass is 10.2. The summed E-state index contributed by atoms with van der Waals surface area (Å²) in [7, 11) is 0. The molecule has 7 heteroatoms. The van der Waals surface area contributed by atoms with Crippen LogP contribution in [0, 0.1) is 5.92 Å². The smallest absolute Gasteiger partial charge is 0.407 e. The molecular formula is C10H18N2O5. The van der Waals surface area contributed by atoms with Crippen molar-refractivity contribution in [2.75, 3.05) is 26.3 Å². The number of rotatable bonds is 7. The Morgan fingerprint density at radius 1 is 1.06 bits per heavy atom. The van der Waals surface area contributed by atoms with E-state index in [0.29, 0.717) is 19.4 Å². The van der Waals surface area contributed by atoms with Crippen LogP contribution in [0.15, 0.2) is 0 Å². The van der Waals surface area contributed by atoms with Gasteiger partial charge in [0, 0.05) is 13.1 Å². The van der Waals surface area contributed by atoms with Crippen LogP contribution in [-0.2, 0) is 14.3 Å². The number of alkyl carbamates (subject to hydrolysis) is 2. The van der Waals surface area contributed by atoms with Crippen LogP contribution >= 0.6 is 0 Å². The van der Waals surface area contributed by atoms with Gasteiger partial charge in [-0.1, -0.05) is 0 Å². The van der Waals surface area contributed by atoms with E-state index in [1.807, 2.05) is 0 Å². The van der Waals surface area contributed by atoms with Gasteiger partial charge >= 0.3 is 12.2 Å². The lowest BCUT2D eigenvalue weighted by Crippen LogP contribution is -2.30. The highest BCUT2D eigenvalue weighted by Gasteiger charge is 2.13. The van der Waals surface area contributed by atoms with Crippen LogP contribution in [0.1, 0.15) is 13.8 Å².